The number of aromatic amines is 1. The molecule has 0 radical (unpaired) electrons. The Morgan fingerprint density at radius 2 is 2.00 bits per heavy atom. The molecule has 3 heterocycles. The lowest BCUT2D eigenvalue weighted by atomic mass is 9.90. The highest BCUT2D eigenvalue weighted by atomic mass is 16.2. The number of anilines is 2. The van der Waals surface area contributed by atoms with E-state index in [0.717, 1.165) is 54.0 Å². The van der Waals surface area contributed by atoms with E-state index >= 15 is 0 Å². The molecule has 1 fully saturated rings. The molecule has 1 aliphatic rings. The van der Waals surface area contributed by atoms with E-state index < -0.39 is 6.04 Å². The number of hydrogen-bond acceptors (Lipinski definition) is 5. The van der Waals surface area contributed by atoms with Crippen LogP contribution in [-0.2, 0) is 4.79 Å². The van der Waals surface area contributed by atoms with Gasteiger partial charge in [0.1, 0.15) is 23.8 Å². The first-order valence-corrected chi connectivity index (χ1v) is 10.9. The smallest absolute Gasteiger partial charge is 0.245 e. The van der Waals surface area contributed by atoms with Crippen LogP contribution in [0.15, 0.2) is 73.2 Å². The highest BCUT2D eigenvalue weighted by Crippen LogP contribution is 2.32. The number of carbonyl (C=O) groups is 1. The van der Waals surface area contributed by atoms with Crippen molar-refractivity contribution in [2.24, 2.45) is 5.73 Å². The normalized spacial score (nSPS) is 17.3. The van der Waals surface area contributed by atoms with Crippen molar-refractivity contribution in [2.45, 2.75) is 24.8 Å². The van der Waals surface area contributed by atoms with Gasteiger partial charge in [-0.05, 0) is 42.2 Å². The number of nitrogens with zero attached hydrogens (tertiary/aromatic N) is 3. The van der Waals surface area contributed by atoms with Crippen molar-refractivity contribution in [3.63, 3.8) is 0 Å². The largest absolute Gasteiger partial charge is 0.355 e. The predicted molar refractivity (Wildman–Crippen MR) is 127 cm³/mol. The third-order valence-electron chi connectivity index (χ3n) is 6.12. The van der Waals surface area contributed by atoms with Crippen LogP contribution in [0.5, 0.6) is 0 Å². The number of rotatable bonds is 5. The third-order valence-corrected chi connectivity index (χ3v) is 6.12. The van der Waals surface area contributed by atoms with Crippen molar-refractivity contribution in [3.8, 4) is 0 Å². The number of piperidine rings is 1. The molecule has 5 rings (SSSR count). The lowest BCUT2D eigenvalue weighted by molar-refractivity contribution is -0.117. The van der Waals surface area contributed by atoms with E-state index in [0.29, 0.717) is 5.92 Å². The number of aromatic nitrogens is 3. The van der Waals surface area contributed by atoms with Crippen LogP contribution in [0.4, 0.5) is 11.5 Å². The summed E-state index contributed by atoms with van der Waals surface area (Å²) in [6, 6.07) is 18.8. The quantitative estimate of drug-likeness (QED) is 0.448. The molecule has 162 valence electrons. The third kappa shape index (κ3) is 4.07. The van der Waals surface area contributed by atoms with Gasteiger partial charge in [-0.3, -0.25) is 4.79 Å². The molecular formula is C25H26N6O. The standard InChI is InChI=1S/C25H26N6O/c26-22(17-6-2-1-3-7-17)25(32)30-20-10-4-8-18(14-20)19-9-5-13-31(15-19)24-21-11-12-27-23(21)28-16-29-24/h1-4,6-8,10-12,14,16,19,22H,5,9,13,15,26H2,(H,30,32)(H,27,28,29)/t19?,22-/m1/s1. The van der Waals surface area contributed by atoms with Gasteiger partial charge in [-0.2, -0.15) is 0 Å². The number of nitrogens with two attached hydrogens (primary N) is 1. The number of hydrogen-bond donors (Lipinski definition) is 3. The first-order chi connectivity index (χ1) is 15.7. The molecule has 2 aromatic carbocycles. The van der Waals surface area contributed by atoms with Crippen LogP contribution < -0.4 is 16.0 Å². The zero-order valence-corrected chi connectivity index (χ0v) is 17.7. The molecule has 7 nitrogen and oxygen atoms in total. The van der Waals surface area contributed by atoms with Crippen molar-refractivity contribution < 1.29 is 4.79 Å². The minimum Gasteiger partial charge on any atom is -0.355 e. The summed E-state index contributed by atoms with van der Waals surface area (Å²) in [6.07, 6.45) is 5.69. The number of benzene rings is 2. The van der Waals surface area contributed by atoms with E-state index in [4.69, 9.17) is 5.73 Å². The number of nitrogens with one attached hydrogen (secondary N) is 2. The van der Waals surface area contributed by atoms with Gasteiger partial charge in [0.05, 0.1) is 5.39 Å². The van der Waals surface area contributed by atoms with Gasteiger partial charge in [0.2, 0.25) is 5.91 Å². The van der Waals surface area contributed by atoms with E-state index in [2.05, 4.69) is 37.3 Å². The highest BCUT2D eigenvalue weighted by molar-refractivity contribution is 5.95. The minimum atomic E-state index is -0.702. The minimum absolute atomic E-state index is 0.213. The maximum Gasteiger partial charge on any atom is 0.245 e. The van der Waals surface area contributed by atoms with Crippen LogP contribution in [0, 0.1) is 0 Å². The van der Waals surface area contributed by atoms with Gasteiger partial charge in [-0.1, -0.05) is 42.5 Å². The van der Waals surface area contributed by atoms with Gasteiger partial charge in [0.15, 0.2) is 0 Å². The van der Waals surface area contributed by atoms with E-state index in [9.17, 15) is 4.79 Å². The molecule has 1 aliphatic heterocycles. The summed E-state index contributed by atoms with van der Waals surface area (Å²) in [6.45, 7) is 1.84. The van der Waals surface area contributed by atoms with E-state index in [1.165, 1.54) is 5.56 Å². The Morgan fingerprint density at radius 3 is 2.88 bits per heavy atom. The molecular weight excluding hydrogens is 400 g/mol. The molecule has 2 atom stereocenters. The molecule has 0 aliphatic carbocycles. The van der Waals surface area contributed by atoms with Crippen LogP contribution in [0.3, 0.4) is 0 Å². The molecule has 4 N–H and O–H groups in total. The second-order valence-electron chi connectivity index (χ2n) is 8.23. The highest BCUT2D eigenvalue weighted by Gasteiger charge is 2.24. The summed E-state index contributed by atoms with van der Waals surface area (Å²) in [5.41, 5.74) is 9.79. The van der Waals surface area contributed by atoms with Crippen LogP contribution in [0.1, 0.15) is 35.9 Å². The van der Waals surface area contributed by atoms with Gasteiger partial charge >= 0.3 is 0 Å². The molecule has 0 bridgehead atoms. The fourth-order valence-corrected chi connectivity index (χ4v) is 4.45. The lowest BCUT2D eigenvalue weighted by Crippen LogP contribution is -2.35. The summed E-state index contributed by atoms with van der Waals surface area (Å²) < 4.78 is 0. The lowest BCUT2D eigenvalue weighted by Gasteiger charge is -2.34. The SMILES string of the molecule is N[C@@H](C(=O)Nc1cccc(C2CCCN(c3ncnc4[nH]ccc34)C2)c1)c1ccccc1. The molecule has 1 unspecified atom stereocenters. The van der Waals surface area contributed by atoms with Gasteiger partial charge in [-0.25, -0.2) is 9.97 Å². The maximum atomic E-state index is 12.7. The zero-order valence-electron chi connectivity index (χ0n) is 17.7. The molecule has 4 aromatic rings. The number of carbonyl (C=O) groups excluding carboxylic acids is 1. The zero-order chi connectivity index (χ0) is 21.9. The number of fused-ring (bicyclic) bond motifs is 1. The fraction of sp³-hybridized carbons (Fsp3) is 0.240. The Balaban J connectivity index is 1.32. The Labute approximate surface area is 186 Å². The summed E-state index contributed by atoms with van der Waals surface area (Å²) in [5, 5.41) is 4.03. The average Bonchev–Trinajstić information content (AvgIpc) is 3.33. The Hall–Kier alpha value is -3.71. The van der Waals surface area contributed by atoms with Gasteiger partial charge in [0.25, 0.3) is 0 Å². The van der Waals surface area contributed by atoms with Gasteiger partial charge in [0, 0.05) is 30.9 Å². The summed E-state index contributed by atoms with van der Waals surface area (Å²) in [4.78, 5) is 27.0. The van der Waals surface area contributed by atoms with Gasteiger partial charge in [-0.15, -0.1) is 0 Å². The van der Waals surface area contributed by atoms with Crippen LogP contribution >= 0.6 is 0 Å². The van der Waals surface area contributed by atoms with Crippen LogP contribution in [-0.4, -0.2) is 33.9 Å². The van der Waals surface area contributed by atoms with Crippen molar-refractivity contribution in [1.82, 2.24) is 15.0 Å². The Kier molecular flexibility index (Phi) is 5.56. The first kappa shape index (κ1) is 20.2. The number of amides is 1. The molecule has 1 saturated heterocycles. The first-order valence-electron chi connectivity index (χ1n) is 10.9. The molecule has 0 saturated carbocycles. The van der Waals surface area contributed by atoms with Crippen LogP contribution in [0.25, 0.3) is 11.0 Å². The van der Waals surface area contributed by atoms with Crippen molar-refractivity contribution in [2.75, 3.05) is 23.3 Å². The average molecular weight is 427 g/mol. The Morgan fingerprint density at radius 1 is 1.12 bits per heavy atom. The van der Waals surface area contributed by atoms with E-state index in [1.807, 2.05) is 54.7 Å². The van der Waals surface area contributed by atoms with Gasteiger partial charge < -0.3 is 20.9 Å². The summed E-state index contributed by atoms with van der Waals surface area (Å²) in [5.74, 6) is 1.11. The topological polar surface area (TPSA) is 99.9 Å². The van der Waals surface area contributed by atoms with Crippen molar-refractivity contribution in [3.05, 3.63) is 84.3 Å². The Bertz CT molecular complexity index is 1220. The fourth-order valence-electron chi connectivity index (χ4n) is 4.45. The monoisotopic (exact) mass is 426 g/mol. The van der Waals surface area contributed by atoms with Crippen molar-refractivity contribution in [1.29, 1.82) is 0 Å². The summed E-state index contributed by atoms with van der Waals surface area (Å²) in [7, 11) is 0. The summed E-state index contributed by atoms with van der Waals surface area (Å²) >= 11 is 0. The van der Waals surface area contributed by atoms with E-state index in [1.54, 1.807) is 6.33 Å². The van der Waals surface area contributed by atoms with E-state index in [-0.39, 0.29) is 5.91 Å². The molecule has 1 amide bonds. The molecule has 32 heavy (non-hydrogen) atoms. The van der Waals surface area contributed by atoms with Crippen molar-refractivity contribution >= 4 is 28.4 Å². The molecule has 2 aromatic heterocycles. The van der Waals surface area contributed by atoms with Crippen LogP contribution in [0.2, 0.25) is 0 Å². The number of H-pyrrole nitrogens is 1. The second-order valence-corrected chi connectivity index (χ2v) is 8.23. The predicted octanol–water partition coefficient (Wildman–Crippen LogP) is 3.98. The maximum absolute atomic E-state index is 12.7. The molecule has 0 spiro atoms. The molecule has 7 heteroatoms. The second kappa shape index (κ2) is 8.80.